The highest BCUT2D eigenvalue weighted by molar-refractivity contribution is 6.06. The van der Waals surface area contributed by atoms with Gasteiger partial charge in [0, 0.05) is 6.07 Å². The van der Waals surface area contributed by atoms with Gasteiger partial charge in [-0.1, -0.05) is 0 Å². The molecule has 0 bridgehead atoms. The summed E-state index contributed by atoms with van der Waals surface area (Å²) >= 11 is 0. The number of methoxy groups -OCH3 is 2. The standard InChI is InChI=1S/C13H14N4O5/c1-7-12(17(19)20)11(16-15-7)13(18)14-9-5-4-8(21-2)6-10(9)22-3/h4-6H,1-3H3,(H,14,18)(H,15,16). The Hall–Kier alpha value is -3.10. The van der Waals surface area contributed by atoms with E-state index in [1.54, 1.807) is 18.2 Å². The minimum Gasteiger partial charge on any atom is -0.497 e. The molecule has 0 spiro atoms. The third-order valence-electron chi connectivity index (χ3n) is 2.97. The summed E-state index contributed by atoms with van der Waals surface area (Å²) in [5.41, 5.74) is -0.0922. The Bertz CT molecular complexity index is 725. The number of aromatic nitrogens is 2. The summed E-state index contributed by atoms with van der Waals surface area (Å²) in [6.45, 7) is 1.47. The molecule has 0 radical (unpaired) electrons. The maximum atomic E-state index is 12.2. The molecule has 0 aliphatic carbocycles. The van der Waals surface area contributed by atoms with Crippen LogP contribution in [-0.2, 0) is 0 Å². The van der Waals surface area contributed by atoms with Crippen molar-refractivity contribution in [2.45, 2.75) is 6.92 Å². The van der Waals surface area contributed by atoms with Crippen LogP contribution in [0.1, 0.15) is 16.2 Å². The van der Waals surface area contributed by atoms with Gasteiger partial charge in [-0.05, 0) is 19.1 Å². The fraction of sp³-hybridized carbons (Fsp3) is 0.231. The number of H-pyrrole nitrogens is 1. The molecule has 0 saturated carbocycles. The molecular weight excluding hydrogens is 292 g/mol. The number of aromatic amines is 1. The Morgan fingerprint density at radius 2 is 2.09 bits per heavy atom. The molecule has 9 nitrogen and oxygen atoms in total. The van der Waals surface area contributed by atoms with Crippen molar-refractivity contribution in [3.05, 3.63) is 39.7 Å². The number of carbonyl (C=O) groups excluding carboxylic acids is 1. The number of carbonyl (C=O) groups is 1. The summed E-state index contributed by atoms with van der Waals surface area (Å²) < 4.78 is 10.2. The lowest BCUT2D eigenvalue weighted by Gasteiger charge is -2.10. The predicted octanol–water partition coefficient (Wildman–Crippen LogP) is 1.90. The van der Waals surface area contributed by atoms with Crippen molar-refractivity contribution < 1.29 is 19.2 Å². The first-order chi connectivity index (χ1) is 10.5. The van der Waals surface area contributed by atoms with E-state index in [1.807, 2.05) is 0 Å². The van der Waals surface area contributed by atoms with Crippen molar-refractivity contribution in [3.63, 3.8) is 0 Å². The molecular formula is C13H14N4O5. The molecule has 2 aromatic rings. The maximum absolute atomic E-state index is 12.2. The van der Waals surface area contributed by atoms with Crippen LogP contribution in [0.5, 0.6) is 11.5 Å². The van der Waals surface area contributed by atoms with E-state index in [4.69, 9.17) is 9.47 Å². The highest BCUT2D eigenvalue weighted by Gasteiger charge is 2.27. The van der Waals surface area contributed by atoms with Crippen molar-refractivity contribution >= 4 is 17.3 Å². The van der Waals surface area contributed by atoms with Crippen LogP contribution in [-0.4, -0.2) is 35.2 Å². The average Bonchev–Trinajstić information content (AvgIpc) is 2.89. The zero-order valence-corrected chi connectivity index (χ0v) is 12.2. The third kappa shape index (κ3) is 2.82. The van der Waals surface area contributed by atoms with E-state index in [0.717, 1.165) is 0 Å². The van der Waals surface area contributed by atoms with Crippen LogP contribution in [0.4, 0.5) is 11.4 Å². The summed E-state index contributed by atoms with van der Waals surface area (Å²) in [7, 11) is 2.94. The highest BCUT2D eigenvalue weighted by atomic mass is 16.6. The smallest absolute Gasteiger partial charge is 0.322 e. The largest absolute Gasteiger partial charge is 0.497 e. The first-order valence-electron chi connectivity index (χ1n) is 6.20. The zero-order chi connectivity index (χ0) is 16.3. The highest BCUT2D eigenvalue weighted by Crippen LogP contribution is 2.30. The van der Waals surface area contributed by atoms with Crippen molar-refractivity contribution in [2.24, 2.45) is 0 Å². The van der Waals surface area contributed by atoms with Crippen LogP contribution in [0.3, 0.4) is 0 Å². The number of ether oxygens (including phenoxy) is 2. The quantitative estimate of drug-likeness (QED) is 0.643. The molecule has 0 atom stereocenters. The molecule has 2 rings (SSSR count). The molecule has 0 aliphatic heterocycles. The monoisotopic (exact) mass is 306 g/mol. The molecule has 116 valence electrons. The lowest BCUT2D eigenvalue weighted by atomic mass is 10.2. The van der Waals surface area contributed by atoms with Gasteiger partial charge in [-0.25, -0.2) is 0 Å². The van der Waals surface area contributed by atoms with E-state index >= 15 is 0 Å². The van der Waals surface area contributed by atoms with E-state index in [1.165, 1.54) is 21.1 Å². The fourth-order valence-electron chi connectivity index (χ4n) is 1.89. The van der Waals surface area contributed by atoms with E-state index < -0.39 is 10.8 Å². The number of anilines is 1. The fourth-order valence-corrected chi connectivity index (χ4v) is 1.89. The molecule has 9 heteroatoms. The second-order valence-corrected chi connectivity index (χ2v) is 4.32. The number of rotatable bonds is 5. The normalized spacial score (nSPS) is 10.1. The van der Waals surface area contributed by atoms with Gasteiger partial charge in [0.25, 0.3) is 5.91 Å². The molecule has 2 N–H and O–H groups in total. The minimum absolute atomic E-state index is 0.205. The Balaban J connectivity index is 2.32. The Morgan fingerprint density at radius 1 is 1.36 bits per heavy atom. The summed E-state index contributed by atoms with van der Waals surface area (Å²) in [5, 5.41) is 19.6. The Labute approximate surface area is 125 Å². The average molecular weight is 306 g/mol. The minimum atomic E-state index is -0.709. The number of nitrogens with one attached hydrogen (secondary N) is 2. The van der Waals surface area contributed by atoms with Gasteiger partial charge in [0.1, 0.15) is 17.2 Å². The summed E-state index contributed by atoms with van der Waals surface area (Å²) in [4.78, 5) is 22.5. The van der Waals surface area contributed by atoms with Gasteiger partial charge in [0.15, 0.2) is 0 Å². The van der Waals surface area contributed by atoms with Crippen LogP contribution in [0.2, 0.25) is 0 Å². The first-order valence-corrected chi connectivity index (χ1v) is 6.20. The SMILES string of the molecule is COc1ccc(NC(=O)c2n[nH]c(C)c2[N+](=O)[O-])c(OC)c1. The van der Waals surface area contributed by atoms with Crippen LogP contribution >= 0.6 is 0 Å². The molecule has 1 aromatic carbocycles. The predicted molar refractivity (Wildman–Crippen MR) is 77.5 cm³/mol. The van der Waals surface area contributed by atoms with Crippen molar-refractivity contribution in [2.75, 3.05) is 19.5 Å². The zero-order valence-electron chi connectivity index (χ0n) is 12.2. The van der Waals surface area contributed by atoms with Crippen LogP contribution in [0.15, 0.2) is 18.2 Å². The Morgan fingerprint density at radius 3 is 2.68 bits per heavy atom. The van der Waals surface area contributed by atoms with Crippen molar-refractivity contribution in [1.82, 2.24) is 10.2 Å². The molecule has 0 saturated heterocycles. The number of hydrogen-bond donors (Lipinski definition) is 2. The molecule has 0 aliphatic rings. The number of benzene rings is 1. The van der Waals surface area contributed by atoms with Gasteiger partial charge in [-0.3, -0.25) is 20.0 Å². The first kappa shape index (κ1) is 15.3. The number of nitro groups is 1. The second kappa shape index (κ2) is 6.12. The van der Waals surface area contributed by atoms with Crippen LogP contribution in [0, 0.1) is 17.0 Å². The van der Waals surface area contributed by atoms with Gasteiger partial charge in [0.05, 0.1) is 24.8 Å². The van der Waals surface area contributed by atoms with Gasteiger partial charge >= 0.3 is 5.69 Å². The van der Waals surface area contributed by atoms with Gasteiger partial charge in [-0.15, -0.1) is 0 Å². The van der Waals surface area contributed by atoms with E-state index in [-0.39, 0.29) is 17.1 Å². The summed E-state index contributed by atoms with van der Waals surface area (Å²) in [6, 6.07) is 4.78. The molecule has 1 amide bonds. The van der Waals surface area contributed by atoms with Crippen molar-refractivity contribution in [3.8, 4) is 11.5 Å². The topological polar surface area (TPSA) is 119 Å². The van der Waals surface area contributed by atoms with E-state index in [0.29, 0.717) is 17.2 Å². The molecule has 1 aromatic heterocycles. The lowest BCUT2D eigenvalue weighted by molar-refractivity contribution is -0.385. The van der Waals surface area contributed by atoms with E-state index in [2.05, 4.69) is 15.5 Å². The Kier molecular flexibility index (Phi) is 4.25. The lowest BCUT2D eigenvalue weighted by Crippen LogP contribution is -2.15. The molecule has 0 unspecified atom stereocenters. The molecule has 22 heavy (non-hydrogen) atoms. The number of amides is 1. The summed E-state index contributed by atoms with van der Waals surface area (Å²) in [6.07, 6.45) is 0. The van der Waals surface area contributed by atoms with Crippen LogP contribution in [0.25, 0.3) is 0 Å². The van der Waals surface area contributed by atoms with Gasteiger partial charge in [-0.2, -0.15) is 5.10 Å². The number of aryl methyl sites for hydroxylation is 1. The molecule has 0 fully saturated rings. The van der Waals surface area contributed by atoms with Gasteiger partial charge in [0.2, 0.25) is 5.69 Å². The van der Waals surface area contributed by atoms with Crippen molar-refractivity contribution in [1.29, 1.82) is 0 Å². The number of nitrogens with zero attached hydrogens (tertiary/aromatic N) is 2. The number of hydrogen-bond acceptors (Lipinski definition) is 6. The van der Waals surface area contributed by atoms with Gasteiger partial charge < -0.3 is 14.8 Å². The second-order valence-electron chi connectivity index (χ2n) is 4.32. The third-order valence-corrected chi connectivity index (χ3v) is 2.97. The summed E-state index contributed by atoms with van der Waals surface area (Å²) in [5.74, 6) is 0.207. The van der Waals surface area contributed by atoms with E-state index in [9.17, 15) is 14.9 Å². The maximum Gasteiger partial charge on any atom is 0.322 e. The molecule has 1 heterocycles. The van der Waals surface area contributed by atoms with Crippen LogP contribution < -0.4 is 14.8 Å².